The number of anilines is 1. The Kier molecular flexibility index (Phi) is 3.91. The highest BCUT2D eigenvalue weighted by Crippen LogP contribution is 2.21. The zero-order chi connectivity index (χ0) is 15.5. The maximum Gasteiger partial charge on any atom is 0.322 e. The highest BCUT2D eigenvalue weighted by Gasteiger charge is 2.23. The summed E-state index contributed by atoms with van der Waals surface area (Å²) in [5.41, 5.74) is 1.61. The van der Waals surface area contributed by atoms with Gasteiger partial charge in [-0.3, -0.25) is 5.10 Å². The molecule has 2 aromatic rings. The number of nitrogens with zero attached hydrogens (tertiary/aromatic N) is 3. The lowest BCUT2D eigenvalue weighted by molar-refractivity contribution is 0.209. The maximum atomic E-state index is 12.4. The summed E-state index contributed by atoms with van der Waals surface area (Å²) in [5, 5.41) is 9.91. The normalized spacial score (nSPS) is 17.0. The van der Waals surface area contributed by atoms with Crippen molar-refractivity contribution in [3.63, 3.8) is 0 Å². The zero-order valence-corrected chi connectivity index (χ0v) is 12.7. The first-order valence-electron chi connectivity index (χ1n) is 7.41. The predicted octanol–water partition coefficient (Wildman–Crippen LogP) is 2.96. The molecule has 0 saturated heterocycles. The third-order valence-electron chi connectivity index (χ3n) is 3.71. The summed E-state index contributed by atoms with van der Waals surface area (Å²) in [6.07, 6.45) is 5.02. The van der Waals surface area contributed by atoms with Crippen LogP contribution in [0.25, 0.3) is 11.4 Å². The van der Waals surface area contributed by atoms with Crippen molar-refractivity contribution in [2.24, 2.45) is 0 Å². The van der Waals surface area contributed by atoms with Crippen molar-refractivity contribution in [1.29, 1.82) is 0 Å². The van der Waals surface area contributed by atoms with Gasteiger partial charge in [0.1, 0.15) is 5.82 Å². The third-order valence-corrected chi connectivity index (χ3v) is 3.71. The predicted molar refractivity (Wildman–Crippen MR) is 85.5 cm³/mol. The third kappa shape index (κ3) is 2.86. The van der Waals surface area contributed by atoms with Gasteiger partial charge in [0.25, 0.3) is 0 Å². The molecule has 2 N–H and O–H groups in total. The number of hydrogen-bond donors (Lipinski definition) is 2. The summed E-state index contributed by atoms with van der Waals surface area (Å²) < 4.78 is 0. The molecule has 0 saturated carbocycles. The van der Waals surface area contributed by atoms with E-state index in [-0.39, 0.29) is 12.1 Å². The highest BCUT2D eigenvalue weighted by molar-refractivity contribution is 5.90. The van der Waals surface area contributed by atoms with Gasteiger partial charge < -0.3 is 10.2 Å². The second-order valence-corrected chi connectivity index (χ2v) is 5.31. The van der Waals surface area contributed by atoms with Crippen molar-refractivity contribution in [2.45, 2.75) is 26.3 Å². The smallest absolute Gasteiger partial charge is 0.314 e. The Morgan fingerprint density at radius 1 is 1.50 bits per heavy atom. The van der Waals surface area contributed by atoms with Crippen LogP contribution in [-0.2, 0) is 0 Å². The molecule has 114 valence electrons. The van der Waals surface area contributed by atoms with Crippen LogP contribution in [0, 0.1) is 6.92 Å². The Balaban J connectivity index is 1.74. The molecule has 1 aliphatic rings. The van der Waals surface area contributed by atoms with Gasteiger partial charge in [-0.15, -0.1) is 0 Å². The van der Waals surface area contributed by atoms with Crippen molar-refractivity contribution in [1.82, 2.24) is 20.1 Å². The molecule has 22 heavy (non-hydrogen) atoms. The average Bonchev–Trinajstić information content (AvgIpc) is 3.16. The van der Waals surface area contributed by atoms with E-state index in [0.717, 1.165) is 23.5 Å². The molecular formula is C16H19N5O. The van der Waals surface area contributed by atoms with E-state index < -0.39 is 0 Å². The summed E-state index contributed by atoms with van der Waals surface area (Å²) in [6, 6.07) is 7.65. The molecule has 1 atom stereocenters. The van der Waals surface area contributed by atoms with Gasteiger partial charge >= 0.3 is 6.03 Å². The molecule has 3 rings (SSSR count). The molecule has 1 aromatic carbocycles. The van der Waals surface area contributed by atoms with E-state index in [0.29, 0.717) is 12.4 Å². The topological polar surface area (TPSA) is 73.9 Å². The molecule has 0 bridgehead atoms. The zero-order valence-electron chi connectivity index (χ0n) is 12.7. The van der Waals surface area contributed by atoms with Crippen LogP contribution >= 0.6 is 0 Å². The lowest BCUT2D eigenvalue weighted by Crippen LogP contribution is -2.38. The van der Waals surface area contributed by atoms with Crippen molar-refractivity contribution in [3.05, 3.63) is 42.2 Å². The van der Waals surface area contributed by atoms with Crippen LogP contribution in [0.4, 0.5) is 10.5 Å². The largest absolute Gasteiger partial charge is 0.322 e. The van der Waals surface area contributed by atoms with Crippen molar-refractivity contribution < 1.29 is 4.79 Å². The molecular weight excluding hydrogens is 278 g/mol. The molecule has 1 aromatic heterocycles. The van der Waals surface area contributed by atoms with Crippen molar-refractivity contribution in [2.75, 3.05) is 11.9 Å². The van der Waals surface area contributed by atoms with E-state index in [9.17, 15) is 4.79 Å². The summed E-state index contributed by atoms with van der Waals surface area (Å²) in [4.78, 5) is 18.5. The molecule has 0 unspecified atom stereocenters. The number of nitrogens with one attached hydrogen (secondary N) is 2. The van der Waals surface area contributed by atoms with E-state index in [1.54, 1.807) is 0 Å². The van der Waals surface area contributed by atoms with E-state index in [4.69, 9.17) is 0 Å². The number of rotatable bonds is 3. The number of aryl methyl sites for hydroxylation is 1. The van der Waals surface area contributed by atoms with Crippen LogP contribution in [-0.4, -0.2) is 38.7 Å². The van der Waals surface area contributed by atoms with Gasteiger partial charge in [-0.25, -0.2) is 9.78 Å². The first-order valence-corrected chi connectivity index (χ1v) is 7.41. The van der Waals surface area contributed by atoms with Crippen LogP contribution in [0.5, 0.6) is 0 Å². The first kappa shape index (κ1) is 14.3. The summed E-state index contributed by atoms with van der Waals surface area (Å²) in [7, 11) is 0. The Bertz CT molecular complexity index is 706. The fourth-order valence-corrected chi connectivity index (χ4v) is 2.56. The summed E-state index contributed by atoms with van der Waals surface area (Å²) in [5.74, 6) is 1.39. The average molecular weight is 297 g/mol. The SMILES string of the molecule is CC[C@H]1C=CCN1C(=O)Nc1cccc(-c2n[nH]c(C)n2)c1. The minimum atomic E-state index is -0.0832. The number of aromatic nitrogens is 3. The number of H-pyrrole nitrogens is 1. The molecule has 0 aliphatic carbocycles. The first-order chi connectivity index (χ1) is 10.7. The van der Waals surface area contributed by atoms with Gasteiger partial charge in [-0.05, 0) is 25.5 Å². The molecule has 1 aliphatic heterocycles. The second kappa shape index (κ2) is 6.01. The van der Waals surface area contributed by atoms with Crippen LogP contribution in [0.2, 0.25) is 0 Å². The fourth-order valence-electron chi connectivity index (χ4n) is 2.56. The number of carbonyl (C=O) groups excluding carboxylic acids is 1. The van der Waals surface area contributed by atoms with Crippen LogP contribution in [0.3, 0.4) is 0 Å². The Hall–Kier alpha value is -2.63. The quantitative estimate of drug-likeness (QED) is 0.855. The van der Waals surface area contributed by atoms with Crippen LogP contribution < -0.4 is 5.32 Å². The molecule has 0 spiro atoms. The molecule has 2 heterocycles. The van der Waals surface area contributed by atoms with E-state index in [1.807, 2.05) is 42.2 Å². The van der Waals surface area contributed by atoms with E-state index in [2.05, 4.69) is 33.5 Å². The minimum absolute atomic E-state index is 0.0832. The molecule has 0 fully saturated rings. The highest BCUT2D eigenvalue weighted by atomic mass is 16.2. The molecule has 0 radical (unpaired) electrons. The number of aromatic amines is 1. The summed E-state index contributed by atoms with van der Waals surface area (Å²) >= 11 is 0. The fraction of sp³-hybridized carbons (Fsp3) is 0.312. The van der Waals surface area contributed by atoms with Gasteiger partial charge in [0.15, 0.2) is 5.82 Å². The van der Waals surface area contributed by atoms with Gasteiger partial charge in [-0.2, -0.15) is 5.10 Å². The minimum Gasteiger partial charge on any atom is -0.314 e. The monoisotopic (exact) mass is 297 g/mol. The lowest BCUT2D eigenvalue weighted by atomic mass is 10.2. The standard InChI is InChI=1S/C16H19N5O/c1-3-14-8-5-9-21(14)16(22)18-13-7-4-6-12(10-13)15-17-11(2)19-20-15/h4-8,10,14H,3,9H2,1-2H3,(H,18,22)(H,17,19,20)/t14-/m0/s1. The number of urea groups is 1. The molecule has 6 nitrogen and oxygen atoms in total. The molecule has 2 amide bonds. The number of benzene rings is 1. The lowest BCUT2D eigenvalue weighted by Gasteiger charge is -2.23. The van der Waals surface area contributed by atoms with E-state index in [1.165, 1.54) is 0 Å². The Labute approximate surface area is 129 Å². The van der Waals surface area contributed by atoms with Crippen molar-refractivity contribution in [3.8, 4) is 11.4 Å². The van der Waals surface area contributed by atoms with Gasteiger partial charge in [0.2, 0.25) is 0 Å². The Morgan fingerprint density at radius 2 is 2.36 bits per heavy atom. The van der Waals surface area contributed by atoms with Crippen LogP contribution in [0.1, 0.15) is 19.2 Å². The van der Waals surface area contributed by atoms with E-state index >= 15 is 0 Å². The number of hydrogen-bond acceptors (Lipinski definition) is 3. The molecule has 6 heteroatoms. The van der Waals surface area contributed by atoms with Gasteiger partial charge in [0.05, 0.1) is 6.04 Å². The number of carbonyl (C=O) groups is 1. The van der Waals surface area contributed by atoms with Gasteiger partial charge in [-0.1, -0.05) is 31.2 Å². The number of amides is 2. The van der Waals surface area contributed by atoms with Crippen LogP contribution in [0.15, 0.2) is 36.4 Å². The summed E-state index contributed by atoms with van der Waals surface area (Å²) in [6.45, 7) is 4.59. The van der Waals surface area contributed by atoms with Crippen molar-refractivity contribution >= 4 is 11.7 Å². The Morgan fingerprint density at radius 3 is 3.09 bits per heavy atom. The maximum absolute atomic E-state index is 12.4. The second-order valence-electron chi connectivity index (χ2n) is 5.31. The van der Waals surface area contributed by atoms with Gasteiger partial charge in [0, 0.05) is 17.8 Å².